The monoisotopic (exact) mass is 463 g/mol. The number of carbonyl (C=O) groups is 1. The van der Waals surface area contributed by atoms with Gasteiger partial charge in [0.25, 0.3) is 5.69 Å². The molecule has 8 nitrogen and oxygen atoms in total. The van der Waals surface area contributed by atoms with Crippen LogP contribution in [-0.2, 0) is 4.79 Å². The van der Waals surface area contributed by atoms with Gasteiger partial charge < -0.3 is 5.32 Å². The van der Waals surface area contributed by atoms with Crippen molar-refractivity contribution < 1.29 is 14.1 Å². The van der Waals surface area contributed by atoms with Gasteiger partial charge in [0.1, 0.15) is 5.82 Å². The third kappa shape index (κ3) is 4.90. The van der Waals surface area contributed by atoms with Crippen molar-refractivity contribution in [2.24, 2.45) is 0 Å². The van der Waals surface area contributed by atoms with Gasteiger partial charge in [-0.15, -0.1) is 10.2 Å². The van der Waals surface area contributed by atoms with Crippen LogP contribution in [0.5, 0.6) is 0 Å². The Hall–Kier alpha value is -4.05. The van der Waals surface area contributed by atoms with Crippen molar-refractivity contribution in [1.82, 2.24) is 14.8 Å². The van der Waals surface area contributed by atoms with Crippen LogP contribution in [0.25, 0.3) is 17.1 Å². The Kier molecular flexibility index (Phi) is 6.45. The number of carbonyl (C=O) groups excluding carboxylic acids is 1. The maximum atomic E-state index is 13.5. The molecule has 1 amide bonds. The molecule has 0 aliphatic carbocycles. The van der Waals surface area contributed by atoms with E-state index in [1.165, 1.54) is 24.3 Å². The Bertz CT molecular complexity index is 1310. The molecule has 1 heterocycles. The number of hydrogen-bond donors (Lipinski definition) is 1. The molecule has 166 valence electrons. The van der Waals surface area contributed by atoms with E-state index in [1.54, 1.807) is 29.7 Å². The third-order valence-corrected chi connectivity index (χ3v) is 5.79. The first-order valence-electron chi connectivity index (χ1n) is 9.87. The lowest BCUT2D eigenvalue weighted by Gasteiger charge is -2.11. The summed E-state index contributed by atoms with van der Waals surface area (Å²) < 4.78 is 15.2. The number of nitro benzene ring substituents is 1. The number of hydrogen-bond acceptors (Lipinski definition) is 6. The third-order valence-electron chi connectivity index (χ3n) is 4.86. The lowest BCUT2D eigenvalue weighted by molar-refractivity contribution is -0.385. The second kappa shape index (κ2) is 9.61. The van der Waals surface area contributed by atoms with Crippen LogP contribution in [0, 0.1) is 22.9 Å². The fourth-order valence-corrected chi connectivity index (χ4v) is 3.99. The molecule has 0 saturated heterocycles. The molecule has 0 radical (unpaired) electrons. The minimum Gasteiger partial charge on any atom is -0.325 e. The van der Waals surface area contributed by atoms with Crippen molar-refractivity contribution in [2.45, 2.75) is 12.1 Å². The Balaban J connectivity index is 1.58. The van der Waals surface area contributed by atoms with Gasteiger partial charge in [0.15, 0.2) is 11.0 Å². The molecule has 0 aliphatic heterocycles. The maximum absolute atomic E-state index is 13.5. The molecule has 0 saturated carbocycles. The number of rotatable bonds is 7. The average molecular weight is 463 g/mol. The summed E-state index contributed by atoms with van der Waals surface area (Å²) in [6.07, 6.45) is 0. The van der Waals surface area contributed by atoms with Crippen LogP contribution in [0.4, 0.5) is 15.8 Å². The molecule has 1 aromatic heterocycles. The molecule has 0 unspecified atom stereocenters. The molecule has 4 aromatic rings. The van der Waals surface area contributed by atoms with Gasteiger partial charge in [-0.25, -0.2) is 4.39 Å². The second-order valence-corrected chi connectivity index (χ2v) is 7.97. The number of nitrogens with one attached hydrogen (secondary N) is 1. The average Bonchev–Trinajstić information content (AvgIpc) is 3.24. The van der Waals surface area contributed by atoms with E-state index in [2.05, 4.69) is 15.5 Å². The van der Waals surface area contributed by atoms with E-state index < -0.39 is 4.92 Å². The highest BCUT2D eigenvalue weighted by atomic mass is 32.2. The molecule has 4 rings (SSSR count). The number of nitro groups is 1. The molecule has 0 aliphatic rings. The van der Waals surface area contributed by atoms with Gasteiger partial charge in [-0.2, -0.15) is 0 Å². The van der Waals surface area contributed by atoms with Crippen LogP contribution in [-0.4, -0.2) is 31.3 Å². The first-order chi connectivity index (χ1) is 15.9. The Morgan fingerprint density at radius 2 is 1.79 bits per heavy atom. The molecule has 10 heteroatoms. The number of halogens is 1. The summed E-state index contributed by atoms with van der Waals surface area (Å²) in [5.41, 5.74) is 2.15. The lowest BCUT2D eigenvalue weighted by Crippen LogP contribution is -2.15. The number of anilines is 1. The van der Waals surface area contributed by atoms with Crippen LogP contribution in [0.1, 0.15) is 5.56 Å². The number of aromatic nitrogens is 3. The molecule has 33 heavy (non-hydrogen) atoms. The van der Waals surface area contributed by atoms with Gasteiger partial charge in [0.05, 0.1) is 21.9 Å². The Morgan fingerprint density at radius 1 is 1.06 bits per heavy atom. The van der Waals surface area contributed by atoms with E-state index in [0.29, 0.717) is 27.9 Å². The molecular weight excluding hydrogens is 445 g/mol. The van der Waals surface area contributed by atoms with Crippen LogP contribution >= 0.6 is 11.8 Å². The summed E-state index contributed by atoms with van der Waals surface area (Å²) in [6, 6.07) is 19.8. The molecule has 0 bridgehead atoms. The van der Waals surface area contributed by atoms with Gasteiger partial charge in [0, 0.05) is 17.3 Å². The molecule has 1 N–H and O–H groups in total. The van der Waals surface area contributed by atoms with Crippen molar-refractivity contribution in [1.29, 1.82) is 0 Å². The molecular formula is C23H18FN5O3S. The SMILES string of the molecule is Cc1c(NC(=O)CSc2nnc(-c3ccccc3)n2-c2ccc(F)cc2)cccc1[N+](=O)[O-]. The van der Waals surface area contributed by atoms with Crippen LogP contribution in [0.2, 0.25) is 0 Å². The van der Waals surface area contributed by atoms with E-state index in [1.807, 2.05) is 30.3 Å². The minimum absolute atomic E-state index is 0.00372. The standard InChI is InChI=1S/C23H18FN5O3S/c1-15-19(8-5-9-20(15)29(31)32)25-21(30)14-33-23-27-26-22(16-6-3-2-4-7-16)28(23)18-12-10-17(24)11-13-18/h2-13H,14H2,1H3,(H,25,30). The van der Waals surface area contributed by atoms with Crippen molar-refractivity contribution in [3.05, 3.63) is 94.3 Å². The normalized spacial score (nSPS) is 10.7. The molecule has 0 spiro atoms. The summed E-state index contributed by atoms with van der Waals surface area (Å²) in [5.74, 6) is -0.164. The predicted molar refractivity (Wildman–Crippen MR) is 124 cm³/mol. The smallest absolute Gasteiger partial charge is 0.274 e. The van der Waals surface area contributed by atoms with Gasteiger partial charge in [-0.3, -0.25) is 19.5 Å². The zero-order valence-corrected chi connectivity index (χ0v) is 18.3. The predicted octanol–water partition coefficient (Wildman–Crippen LogP) is 5.02. The highest BCUT2D eigenvalue weighted by Crippen LogP contribution is 2.29. The van der Waals surface area contributed by atoms with Crippen molar-refractivity contribution in [2.75, 3.05) is 11.1 Å². The minimum atomic E-state index is -0.490. The second-order valence-electron chi connectivity index (χ2n) is 7.03. The first kappa shape index (κ1) is 22.2. The number of nitrogens with zero attached hydrogens (tertiary/aromatic N) is 4. The summed E-state index contributed by atoms with van der Waals surface area (Å²) >= 11 is 1.15. The fraction of sp³-hybridized carbons (Fsp3) is 0.0870. The summed E-state index contributed by atoms with van der Waals surface area (Å²) in [6.45, 7) is 1.58. The van der Waals surface area contributed by atoms with Crippen molar-refractivity contribution in [3.8, 4) is 17.1 Å². The summed E-state index contributed by atoms with van der Waals surface area (Å²) in [4.78, 5) is 23.2. The van der Waals surface area contributed by atoms with Gasteiger partial charge >= 0.3 is 0 Å². The molecule has 3 aromatic carbocycles. The maximum Gasteiger partial charge on any atom is 0.274 e. The topological polar surface area (TPSA) is 103 Å². The zero-order chi connectivity index (χ0) is 23.4. The van der Waals surface area contributed by atoms with E-state index in [4.69, 9.17) is 0 Å². The lowest BCUT2D eigenvalue weighted by atomic mass is 10.1. The number of benzene rings is 3. The highest BCUT2D eigenvalue weighted by molar-refractivity contribution is 7.99. The summed E-state index contributed by atoms with van der Waals surface area (Å²) in [5, 5.41) is 22.8. The van der Waals surface area contributed by atoms with E-state index in [9.17, 15) is 19.3 Å². The van der Waals surface area contributed by atoms with Crippen LogP contribution < -0.4 is 5.32 Å². The van der Waals surface area contributed by atoms with Crippen molar-refractivity contribution >= 4 is 29.0 Å². The van der Waals surface area contributed by atoms with Crippen LogP contribution in [0.3, 0.4) is 0 Å². The molecule has 0 fully saturated rings. The Labute approximate surface area is 192 Å². The highest BCUT2D eigenvalue weighted by Gasteiger charge is 2.19. The zero-order valence-electron chi connectivity index (χ0n) is 17.4. The molecule has 0 atom stereocenters. The summed E-state index contributed by atoms with van der Waals surface area (Å²) in [7, 11) is 0. The van der Waals surface area contributed by atoms with Gasteiger partial charge in [-0.05, 0) is 37.3 Å². The van der Waals surface area contributed by atoms with Gasteiger partial charge in [0.2, 0.25) is 5.91 Å². The van der Waals surface area contributed by atoms with Gasteiger partial charge in [-0.1, -0.05) is 48.2 Å². The quantitative estimate of drug-likeness (QED) is 0.234. The Morgan fingerprint density at radius 3 is 2.48 bits per heavy atom. The fourth-order valence-electron chi connectivity index (χ4n) is 3.23. The number of amides is 1. The van der Waals surface area contributed by atoms with E-state index in [0.717, 1.165) is 17.3 Å². The largest absolute Gasteiger partial charge is 0.325 e. The van der Waals surface area contributed by atoms with Crippen molar-refractivity contribution in [3.63, 3.8) is 0 Å². The van der Waals surface area contributed by atoms with Crippen LogP contribution in [0.15, 0.2) is 78.0 Å². The van der Waals surface area contributed by atoms with E-state index in [-0.39, 0.29) is 23.2 Å². The number of thioether (sulfide) groups is 1. The first-order valence-corrected chi connectivity index (χ1v) is 10.9. The van der Waals surface area contributed by atoms with E-state index >= 15 is 0 Å².